The fourth-order valence-electron chi connectivity index (χ4n) is 2.92. The Morgan fingerprint density at radius 3 is 2.38 bits per heavy atom. The van der Waals surface area contributed by atoms with Crippen LogP contribution in [0.15, 0.2) is 73.1 Å². The lowest BCUT2D eigenvalue weighted by atomic mass is 10.1. The van der Waals surface area contributed by atoms with Crippen LogP contribution in [-0.2, 0) is 0 Å². The number of hydrogen-bond donors (Lipinski definition) is 3. The van der Waals surface area contributed by atoms with Crippen molar-refractivity contribution >= 4 is 39.5 Å². The van der Waals surface area contributed by atoms with Gasteiger partial charge in [0.25, 0.3) is 0 Å². The van der Waals surface area contributed by atoms with Gasteiger partial charge in [0, 0.05) is 16.8 Å². The molecule has 3 aromatic carbocycles. The van der Waals surface area contributed by atoms with E-state index in [1.165, 1.54) is 6.33 Å². The van der Waals surface area contributed by atoms with Gasteiger partial charge in [0.1, 0.15) is 12.0 Å². The first kappa shape index (κ1) is 15.9. The Hall–Kier alpha value is -3.60. The number of nitrogen functional groups attached to an aromatic ring is 1. The molecule has 0 saturated carbocycles. The highest BCUT2D eigenvalue weighted by molar-refractivity contribution is 5.96. The molecule has 4 rings (SSSR count). The lowest BCUT2D eigenvalue weighted by Crippen LogP contribution is -2.05. The second-order valence-corrected chi connectivity index (χ2v) is 6.13. The number of nitrogens with two attached hydrogens (primary N) is 1. The molecule has 0 atom stereocenters. The average molecular weight is 341 g/mol. The third kappa shape index (κ3) is 3.15. The van der Waals surface area contributed by atoms with Crippen LogP contribution in [0, 0.1) is 6.92 Å². The van der Waals surface area contributed by atoms with Crippen molar-refractivity contribution in [2.24, 2.45) is 0 Å². The van der Waals surface area contributed by atoms with Crippen molar-refractivity contribution in [3.63, 3.8) is 0 Å². The van der Waals surface area contributed by atoms with Crippen LogP contribution >= 0.6 is 0 Å². The molecule has 26 heavy (non-hydrogen) atoms. The largest absolute Gasteiger partial charge is 0.393 e. The van der Waals surface area contributed by atoms with E-state index in [0.717, 1.165) is 27.7 Å². The highest BCUT2D eigenvalue weighted by Gasteiger charge is 2.10. The first-order chi connectivity index (χ1) is 12.7. The zero-order valence-corrected chi connectivity index (χ0v) is 14.4. The van der Waals surface area contributed by atoms with Crippen LogP contribution in [0.5, 0.6) is 0 Å². The number of anilines is 5. The predicted octanol–water partition coefficient (Wildman–Crippen LogP) is 5.01. The van der Waals surface area contributed by atoms with Gasteiger partial charge in [-0.15, -0.1) is 0 Å². The maximum atomic E-state index is 6.31. The standard InChI is InChI=1S/C21H19N5/c1-14-6-4-9-16(12-14)25-20-19(22)21(24-13-23-20)26-18-11-5-8-15-7-2-3-10-17(15)18/h2-13H,22H2,1H3,(H2,23,24,25,26). The van der Waals surface area contributed by atoms with E-state index in [2.05, 4.69) is 38.8 Å². The van der Waals surface area contributed by atoms with Crippen LogP contribution in [0.2, 0.25) is 0 Å². The van der Waals surface area contributed by atoms with Crippen molar-refractivity contribution in [1.82, 2.24) is 9.97 Å². The maximum absolute atomic E-state index is 6.31. The molecule has 0 unspecified atom stereocenters. The zero-order chi connectivity index (χ0) is 17.9. The molecule has 0 radical (unpaired) electrons. The summed E-state index contributed by atoms with van der Waals surface area (Å²) in [6.45, 7) is 2.04. The van der Waals surface area contributed by atoms with E-state index in [0.29, 0.717) is 17.3 Å². The van der Waals surface area contributed by atoms with Gasteiger partial charge in [0.2, 0.25) is 0 Å². The highest BCUT2D eigenvalue weighted by atomic mass is 15.1. The molecule has 0 spiro atoms. The summed E-state index contributed by atoms with van der Waals surface area (Å²) in [4.78, 5) is 8.59. The molecule has 1 heterocycles. The minimum atomic E-state index is 0.474. The molecule has 0 bridgehead atoms. The Labute approximate surface area is 151 Å². The zero-order valence-electron chi connectivity index (χ0n) is 14.4. The maximum Gasteiger partial charge on any atom is 0.159 e. The Morgan fingerprint density at radius 2 is 1.54 bits per heavy atom. The number of benzene rings is 3. The monoisotopic (exact) mass is 341 g/mol. The summed E-state index contributed by atoms with van der Waals surface area (Å²) in [5, 5.41) is 8.86. The van der Waals surface area contributed by atoms with Gasteiger partial charge in [0.05, 0.1) is 0 Å². The molecule has 0 saturated heterocycles. The first-order valence-electron chi connectivity index (χ1n) is 8.40. The van der Waals surface area contributed by atoms with Crippen LogP contribution in [-0.4, -0.2) is 9.97 Å². The van der Waals surface area contributed by atoms with E-state index in [-0.39, 0.29) is 0 Å². The molecular formula is C21H19N5. The van der Waals surface area contributed by atoms with Gasteiger partial charge in [0.15, 0.2) is 11.6 Å². The summed E-state index contributed by atoms with van der Waals surface area (Å²) in [6.07, 6.45) is 1.50. The Balaban J connectivity index is 1.67. The molecule has 0 aliphatic rings. The molecular weight excluding hydrogens is 322 g/mol. The smallest absolute Gasteiger partial charge is 0.159 e. The Morgan fingerprint density at radius 1 is 0.808 bits per heavy atom. The third-order valence-corrected chi connectivity index (χ3v) is 4.21. The summed E-state index contributed by atoms with van der Waals surface area (Å²) in [5.74, 6) is 1.15. The number of aromatic nitrogens is 2. The van der Waals surface area contributed by atoms with Crippen molar-refractivity contribution in [3.8, 4) is 0 Å². The molecule has 0 fully saturated rings. The molecule has 1 aromatic heterocycles. The van der Waals surface area contributed by atoms with Crippen LogP contribution in [0.3, 0.4) is 0 Å². The van der Waals surface area contributed by atoms with Crippen molar-refractivity contribution in [2.45, 2.75) is 6.92 Å². The minimum absolute atomic E-state index is 0.474. The van der Waals surface area contributed by atoms with Crippen molar-refractivity contribution < 1.29 is 0 Å². The van der Waals surface area contributed by atoms with Crippen molar-refractivity contribution in [2.75, 3.05) is 16.4 Å². The van der Waals surface area contributed by atoms with Gasteiger partial charge in [-0.2, -0.15) is 0 Å². The van der Waals surface area contributed by atoms with Crippen LogP contribution in [0.25, 0.3) is 10.8 Å². The summed E-state index contributed by atoms with van der Waals surface area (Å²) < 4.78 is 0. The number of nitrogens with zero attached hydrogens (tertiary/aromatic N) is 2. The van der Waals surface area contributed by atoms with E-state index in [9.17, 15) is 0 Å². The first-order valence-corrected chi connectivity index (χ1v) is 8.40. The SMILES string of the molecule is Cc1cccc(Nc2ncnc(Nc3cccc4ccccc34)c2N)c1. The number of fused-ring (bicyclic) bond motifs is 1. The van der Waals surface area contributed by atoms with E-state index in [4.69, 9.17) is 5.73 Å². The van der Waals surface area contributed by atoms with E-state index in [1.54, 1.807) is 0 Å². The third-order valence-electron chi connectivity index (χ3n) is 4.21. The number of rotatable bonds is 4. The number of nitrogens with one attached hydrogen (secondary N) is 2. The lowest BCUT2D eigenvalue weighted by Gasteiger charge is -2.14. The van der Waals surface area contributed by atoms with Crippen LogP contribution < -0.4 is 16.4 Å². The summed E-state index contributed by atoms with van der Waals surface area (Å²) >= 11 is 0. The van der Waals surface area contributed by atoms with Crippen molar-refractivity contribution in [3.05, 3.63) is 78.6 Å². The normalized spacial score (nSPS) is 10.7. The van der Waals surface area contributed by atoms with Gasteiger partial charge < -0.3 is 16.4 Å². The lowest BCUT2D eigenvalue weighted by molar-refractivity contribution is 1.17. The second-order valence-electron chi connectivity index (χ2n) is 6.13. The van der Waals surface area contributed by atoms with Gasteiger partial charge in [-0.3, -0.25) is 0 Å². The van der Waals surface area contributed by atoms with Gasteiger partial charge in [-0.1, -0.05) is 48.5 Å². The van der Waals surface area contributed by atoms with Crippen molar-refractivity contribution in [1.29, 1.82) is 0 Å². The number of aryl methyl sites for hydroxylation is 1. The fraction of sp³-hybridized carbons (Fsp3) is 0.0476. The molecule has 4 N–H and O–H groups in total. The molecule has 4 aromatic rings. The highest BCUT2D eigenvalue weighted by Crippen LogP contribution is 2.31. The second kappa shape index (κ2) is 6.72. The molecule has 0 aliphatic carbocycles. The van der Waals surface area contributed by atoms with Crippen LogP contribution in [0.1, 0.15) is 5.56 Å². The van der Waals surface area contributed by atoms with Gasteiger partial charge in [-0.25, -0.2) is 9.97 Å². The Kier molecular flexibility index (Phi) is 4.11. The van der Waals surface area contributed by atoms with Crippen LogP contribution in [0.4, 0.5) is 28.7 Å². The van der Waals surface area contributed by atoms with E-state index < -0.39 is 0 Å². The molecule has 128 valence electrons. The van der Waals surface area contributed by atoms with E-state index >= 15 is 0 Å². The fourth-order valence-corrected chi connectivity index (χ4v) is 2.92. The molecule has 0 aliphatic heterocycles. The average Bonchev–Trinajstić information content (AvgIpc) is 2.65. The Bertz CT molecular complexity index is 1070. The van der Waals surface area contributed by atoms with Gasteiger partial charge in [-0.05, 0) is 36.1 Å². The van der Waals surface area contributed by atoms with Gasteiger partial charge >= 0.3 is 0 Å². The number of hydrogen-bond acceptors (Lipinski definition) is 5. The minimum Gasteiger partial charge on any atom is -0.393 e. The van der Waals surface area contributed by atoms with E-state index in [1.807, 2.05) is 55.5 Å². The summed E-state index contributed by atoms with van der Waals surface area (Å²) in [6, 6.07) is 22.3. The molecule has 5 heteroatoms. The quantitative estimate of drug-likeness (QED) is 0.486. The summed E-state index contributed by atoms with van der Waals surface area (Å²) in [5.41, 5.74) is 9.84. The predicted molar refractivity (Wildman–Crippen MR) is 108 cm³/mol. The summed E-state index contributed by atoms with van der Waals surface area (Å²) in [7, 11) is 0. The topological polar surface area (TPSA) is 75.9 Å². The molecule has 5 nitrogen and oxygen atoms in total. The molecule has 0 amide bonds.